The van der Waals surface area contributed by atoms with E-state index in [2.05, 4.69) is 20.0 Å². The molecule has 9 nitrogen and oxygen atoms in total. The summed E-state index contributed by atoms with van der Waals surface area (Å²) in [6, 6.07) is 28.0. The number of hydrogen-bond donors (Lipinski definition) is 1. The van der Waals surface area contributed by atoms with Crippen LogP contribution >= 0.6 is 0 Å². The van der Waals surface area contributed by atoms with Gasteiger partial charge in [0, 0.05) is 30.2 Å². The van der Waals surface area contributed by atoms with Crippen LogP contribution in [0.15, 0.2) is 121 Å². The maximum Gasteiger partial charge on any atom is 0.261 e. The van der Waals surface area contributed by atoms with Crippen LogP contribution in [0.1, 0.15) is 27.2 Å². The molecule has 0 aliphatic rings. The molecule has 2 aromatic heterocycles. The molecule has 0 unspecified atom stereocenters. The number of carbonyl (C=O) groups is 1. The van der Waals surface area contributed by atoms with E-state index in [0.717, 1.165) is 11.1 Å². The minimum absolute atomic E-state index is 0.0663. The SMILES string of the molecule is O=C(c1ccc(S(=O)(=O)Nc2ccccc2)cc1)N(Cc1ccccc1)Cc1cn(Cc2ccncc2)nn1. The van der Waals surface area contributed by atoms with E-state index in [1.54, 1.807) is 52.3 Å². The van der Waals surface area contributed by atoms with Crippen LogP contribution in [0, 0.1) is 0 Å². The summed E-state index contributed by atoms with van der Waals surface area (Å²) in [5.41, 5.74) is 3.47. The zero-order valence-electron chi connectivity index (χ0n) is 21.0. The quantitative estimate of drug-likeness (QED) is 0.283. The summed E-state index contributed by atoms with van der Waals surface area (Å²) < 4.78 is 29.9. The average Bonchev–Trinajstić information content (AvgIpc) is 3.40. The van der Waals surface area contributed by atoms with Crippen molar-refractivity contribution in [2.24, 2.45) is 0 Å². The molecule has 0 saturated carbocycles. The van der Waals surface area contributed by atoms with Gasteiger partial charge in [0.1, 0.15) is 5.69 Å². The van der Waals surface area contributed by atoms with Crippen LogP contribution in [0.3, 0.4) is 0 Å². The summed E-state index contributed by atoms with van der Waals surface area (Å²) in [7, 11) is -3.80. The van der Waals surface area contributed by atoms with E-state index in [1.165, 1.54) is 24.3 Å². The van der Waals surface area contributed by atoms with E-state index in [0.29, 0.717) is 30.0 Å². The Balaban J connectivity index is 1.34. The maximum atomic E-state index is 13.6. The van der Waals surface area contributed by atoms with Crippen molar-refractivity contribution >= 4 is 21.6 Å². The Morgan fingerprint density at radius 3 is 2.15 bits per heavy atom. The Labute approximate surface area is 226 Å². The van der Waals surface area contributed by atoms with Crippen LogP contribution in [-0.2, 0) is 29.7 Å². The van der Waals surface area contributed by atoms with E-state index in [-0.39, 0.29) is 17.3 Å². The Kier molecular flexibility index (Phi) is 7.74. The van der Waals surface area contributed by atoms with Crippen LogP contribution in [0.4, 0.5) is 5.69 Å². The number of rotatable bonds is 10. The van der Waals surface area contributed by atoms with Gasteiger partial charge in [-0.15, -0.1) is 5.10 Å². The number of nitrogens with zero attached hydrogens (tertiary/aromatic N) is 5. The molecule has 0 aliphatic heterocycles. The highest BCUT2D eigenvalue weighted by molar-refractivity contribution is 7.92. The molecule has 0 aliphatic carbocycles. The van der Waals surface area contributed by atoms with Gasteiger partial charge >= 0.3 is 0 Å². The highest BCUT2D eigenvalue weighted by Crippen LogP contribution is 2.19. The second-order valence-corrected chi connectivity index (χ2v) is 10.6. The van der Waals surface area contributed by atoms with Crippen molar-refractivity contribution in [3.05, 3.63) is 138 Å². The summed E-state index contributed by atoms with van der Waals surface area (Å²) in [6.07, 6.45) is 5.26. The van der Waals surface area contributed by atoms with Gasteiger partial charge in [-0.3, -0.25) is 14.5 Å². The molecule has 39 heavy (non-hydrogen) atoms. The van der Waals surface area contributed by atoms with Crippen molar-refractivity contribution in [2.75, 3.05) is 4.72 Å². The van der Waals surface area contributed by atoms with Crippen molar-refractivity contribution in [1.82, 2.24) is 24.9 Å². The van der Waals surface area contributed by atoms with E-state index in [9.17, 15) is 13.2 Å². The Morgan fingerprint density at radius 1 is 0.795 bits per heavy atom. The predicted octanol–water partition coefficient (Wildman–Crippen LogP) is 4.36. The summed E-state index contributed by atoms with van der Waals surface area (Å²) >= 11 is 0. The van der Waals surface area contributed by atoms with Gasteiger partial charge in [0.2, 0.25) is 0 Å². The molecule has 1 amide bonds. The number of carbonyl (C=O) groups excluding carboxylic acids is 1. The monoisotopic (exact) mass is 538 g/mol. The smallest absolute Gasteiger partial charge is 0.261 e. The number of para-hydroxylation sites is 1. The fraction of sp³-hybridized carbons (Fsp3) is 0.103. The highest BCUT2D eigenvalue weighted by Gasteiger charge is 2.20. The molecule has 5 rings (SSSR count). The molecule has 0 bridgehead atoms. The van der Waals surface area contributed by atoms with Gasteiger partial charge in [0.05, 0.1) is 24.2 Å². The van der Waals surface area contributed by atoms with Crippen LogP contribution in [-0.4, -0.2) is 39.2 Å². The Hall–Kier alpha value is -4.83. The number of hydrogen-bond acceptors (Lipinski definition) is 6. The Morgan fingerprint density at radius 2 is 1.46 bits per heavy atom. The molecule has 1 N–H and O–H groups in total. The molecule has 0 radical (unpaired) electrons. The Bertz CT molecular complexity index is 1630. The summed E-state index contributed by atoms with van der Waals surface area (Å²) in [5, 5.41) is 8.48. The topological polar surface area (TPSA) is 110 Å². The van der Waals surface area contributed by atoms with Gasteiger partial charge in [-0.25, -0.2) is 13.1 Å². The molecule has 0 spiro atoms. The number of anilines is 1. The van der Waals surface area contributed by atoms with Gasteiger partial charge in [0.25, 0.3) is 15.9 Å². The summed E-state index contributed by atoms with van der Waals surface area (Å²) in [5.74, 6) is -0.248. The van der Waals surface area contributed by atoms with Crippen LogP contribution in [0.25, 0.3) is 0 Å². The molecule has 0 fully saturated rings. The van der Waals surface area contributed by atoms with E-state index < -0.39 is 10.0 Å². The summed E-state index contributed by atoms with van der Waals surface area (Å²) in [6.45, 7) is 1.13. The molecule has 2 heterocycles. The zero-order valence-corrected chi connectivity index (χ0v) is 21.8. The molecule has 5 aromatic rings. The van der Waals surface area contributed by atoms with Gasteiger partial charge in [-0.1, -0.05) is 53.7 Å². The van der Waals surface area contributed by atoms with Crippen LogP contribution < -0.4 is 4.72 Å². The van der Waals surface area contributed by atoms with Crippen LogP contribution in [0.2, 0.25) is 0 Å². The zero-order chi connectivity index (χ0) is 27.1. The van der Waals surface area contributed by atoms with E-state index in [1.807, 2.05) is 48.7 Å². The molecular weight excluding hydrogens is 512 g/mol. The van der Waals surface area contributed by atoms with Crippen molar-refractivity contribution in [1.29, 1.82) is 0 Å². The van der Waals surface area contributed by atoms with Gasteiger partial charge in [-0.2, -0.15) is 0 Å². The van der Waals surface area contributed by atoms with Crippen molar-refractivity contribution < 1.29 is 13.2 Å². The van der Waals surface area contributed by atoms with Crippen molar-refractivity contribution in [3.63, 3.8) is 0 Å². The third-order valence-corrected chi connectivity index (χ3v) is 7.37. The number of sulfonamides is 1. The largest absolute Gasteiger partial charge is 0.328 e. The van der Waals surface area contributed by atoms with Gasteiger partial charge < -0.3 is 4.90 Å². The normalized spacial score (nSPS) is 11.2. The number of aromatic nitrogens is 4. The lowest BCUT2D eigenvalue weighted by molar-refractivity contribution is 0.0727. The van der Waals surface area contributed by atoms with E-state index in [4.69, 9.17) is 0 Å². The molecular formula is C29H26N6O3S. The van der Waals surface area contributed by atoms with Crippen molar-refractivity contribution in [3.8, 4) is 0 Å². The first-order valence-electron chi connectivity index (χ1n) is 12.3. The number of amides is 1. The molecule has 3 aromatic carbocycles. The second kappa shape index (κ2) is 11.7. The lowest BCUT2D eigenvalue weighted by Crippen LogP contribution is -2.30. The highest BCUT2D eigenvalue weighted by atomic mass is 32.2. The number of benzene rings is 3. The first-order chi connectivity index (χ1) is 19.0. The lowest BCUT2D eigenvalue weighted by atomic mass is 10.1. The summed E-state index contributed by atoms with van der Waals surface area (Å²) in [4.78, 5) is 19.4. The van der Waals surface area contributed by atoms with Gasteiger partial charge in [-0.05, 0) is 59.7 Å². The molecule has 196 valence electrons. The predicted molar refractivity (Wildman–Crippen MR) is 147 cm³/mol. The average molecular weight is 539 g/mol. The number of pyridine rings is 1. The maximum absolute atomic E-state index is 13.6. The third-order valence-electron chi connectivity index (χ3n) is 5.97. The first kappa shape index (κ1) is 25.8. The minimum Gasteiger partial charge on any atom is -0.328 e. The minimum atomic E-state index is -3.80. The van der Waals surface area contributed by atoms with E-state index >= 15 is 0 Å². The van der Waals surface area contributed by atoms with Crippen molar-refractivity contribution in [2.45, 2.75) is 24.5 Å². The molecule has 10 heteroatoms. The number of nitrogens with one attached hydrogen (secondary N) is 1. The second-order valence-electron chi connectivity index (χ2n) is 8.91. The standard InChI is InChI=1S/C29H26N6O3S/c36-29(25-11-13-28(14-12-25)39(37,38)32-26-9-5-2-6-10-26)34(19-23-7-3-1-4-8-23)21-27-22-35(33-31-27)20-24-15-17-30-18-16-24/h1-18,22,32H,19-21H2. The molecule has 0 atom stereocenters. The third kappa shape index (κ3) is 6.74. The lowest BCUT2D eigenvalue weighted by Gasteiger charge is -2.22. The fourth-order valence-electron chi connectivity index (χ4n) is 4.04. The first-order valence-corrected chi connectivity index (χ1v) is 13.7. The molecule has 0 saturated heterocycles. The van der Waals surface area contributed by atoms with Gasteiger partial charge in [0.15, 0.2) is 0 Å². The van der Waals surface area contributed by atoms with Crippen LogP contribution in [0.5, 0.6) is 0 Å². The fourth-order valence-corrected chi connectivity index (χ4v) is 5.10.